The van der Waals surface area contributed by atoms with E-state index < -0.39 is 0 Å². The van der Waals surface area contributed by atoms with Gasteiger partial charge in [0.15, 0.2) is 0 Å². The number of hydrogen-bond acceptors (Lipinski definition) is 2. The molecule has 0 N–H and O–H groups in total. The second-order valence-electron chi connectivity index (χ2n) is 12.5. The van der Waals surface area contributed by atoms with Gasteiger partial charge in [0.2, 0.25) is 0 Å². The average molecular weight is 513 g/mol. The zero-order valence-corrected chi connectivity index (χ0v) is 24.7. The maximum absolute atomic E-state index is 6.17. The Kier molecular flexibility index (Phi) is 15.6. The molecule has 0 aromatic heterocycles. The van der Waals surface area contributed by atoms with Gasteiger partial charge in [-0.2, -0.15) is 0 Å². The molecule has 2 nitrogen and oxygen atoms in total. The van der Waals surface area contributed by atoms with Crippen LogP contribution in [0.4, 0.5) is 0 Å². The fourth-order valence-electron chi connectivity index (χ4n) is 6.98. The molecule has 3 rings (SSSR count). The van der Waals surface area contributed by atoms with Gasteiger partial charge in [-0.25, -0.2) is 0 Å². The van der Waals surface area contributed by atoms with Crippen LogP contribution < -0.4 is 9.47 Å². The second-order valence-corrected chi connectivity index (χ2v) is 12.5. The van der Waals surface area contributed by atoms with Crippen molar-refractivity contribution in [3.05, 3.63) is 24.3 Å². The van der Waals surface area contributed by atoms with E-state index in [-0.39, 0.29) is 0 Å². The third-order valence-electron chi connectivity index (χ3n) is 9.47. The van der Waals surface area contributed by atoms with E-state index in [4.69, 9.17) is 9.47 Å². The average Bonchev–Trinajstić information content (AvgIpc) is 2.94. The predicted octanol–water partition coefficient (Wildman–Crippen LogP) is 11.2. The van der Waals surface area contributed by atoms with Crippen molar-refractivity contribution in [2.45, 2.75) is 149 Å². The Balaban J connectivity index is 1.24. The lowest BCUT2D eigenvalue weighted by atomic mass is 9.74. The topological polar surface area (TPSA) is 18.5 Å². The molecule has 0 bridgehead atoms. The van der Waals surface area contributed by atoms with Gasteiger partial charge in [0.1, 0.15) is 11.5 Å². The van der Waals surface area contributed by atoms with Gasteiger partial charge >= 0.3 is 0 Å². The van der Waals surface area contributed by atoms with Crippen molar-refractivity contribution in [1.29, 1.82) is 0 Å². The molecule has 0 radical (unpaired) electrons. The monoisotopic (exact) mass is 512 g/mol. The van der Waals surface area contributed by atoms with E-state index in [1.807, 2.05) is 0 Å². The summed E-state index contributed by atoms with van der Waals surface area (Å²) in [6, 6.07) is 8.40. The molecule has 2 fully saturated rings. The number of hydrogen-bond donors (Lipinski definition) is 0. The fraction of sp³-hybridized carbons (Fsp3) is 0.829. The Morgan fingerprint density at radius 1 is 0.541 bits per heavy atom. The SMILES string of the molecule is CCCCCCCC1CCC(COc2ccc(OCCCC3CCCCC3CCCCCC)cc2)CC1. The van der Waals surface area contributed by atoms with Crippen LogP contribution in [-0.4, -0.2) is 13.2 Å². The zero-order chi connectivity index (χ0) is 26.0. The molecule has 2 saturated carbocycles. The highest BCUT2D eigenvalue weighted by atomic mass is 16.5. The Morgan fingerprint density at radius 3 is 1.70 bits per heavy atom. The van der Waals surface area contributed by atoms with Crippen LogP contribution in [0.15, 0.2) is 24.3 Å². The lowest BCUT2D eigenvalue weighted by Gasteiger charge is -2.31. The first-order chi connectivity index (χ1) is 18.3. The molecule has 0 spiro atoms. The van der Waals surface area contributed by atoms with Crippen LogP contribution in [0.1, 0.15) is 149 Å². The molecule has 1 aromatic carbocycles. The second kappa shape index (κ2) is 19.0. The van der Waals surface area contributed by atoms with Crippen molar-refractivity contribution in [3.63, 3.8) is 0 Å². The van der Waals surface area contributed by atoms with Gasteiger partial charge in [-0.1, -0.05) is 123 Å². The summed E-state index contributed by atoms with van der Waals surface area (Å²) in [5.41, 5.74) is 0. The summed E-state index contributed by atoms with van der Waals surface area (Å²) < 4.78 is 12.3. The lowest BCUT2D eigenvalue weighted by Crippen LogP contribution is -2.20. The van der Waals surface area contributed by atoms with Crippen LogP contribution in [0, 0.1) is 23.7 Å². The van der Waals surface area contributed by atoms with Crippen LogP contribution in [-0.2, 0) is 0 Å². The fourth-order valence-corrected chi connectivity index (χ4v) is 6.98. The standard InChI is InChI=1S/C35H60O2/c1-3-5-7-9-10-15-30-20-22-31(23-21-30)29-37-35-26-24-34(25-27-35)36-28-14-19-33-18-13-12-17-32(33)16-11-8-6-4-2/h24-27,30-33H,3-23,28-29H2,1-2H3. The highest BCUT2D eigenvalue weighted by Crippen LogP contribution is 2.37. The summed E-state index contributed by atoms with van der Waals surface area (Å²) in [7, 11) is 0. The molecule has 212 valence electrons. The Morgan fingerprint density at radius 2 is 1.05 bits per heavy atom. The van der Waals surface area contributed by atoms with Gasteiger partial charge in [-0.15, -0.1) is 0 Å². The molecule has 2 unspecified atom stereocenters. The van der Waals surface area contributed by atoms with E-state index in [9.17, 15) is 0 Å². The first-order valence-corrected chi connectivity index (χ1v) is 16.6. The van der Waals surface area contributed by atoms with Crippen LogP contribution >= 0.6 is 0 Å². The van der Waals surface area contributed by atoms with Gasteiger partial charge in [0.25, 0.3) is 0 Å². The maximum atomic E-state index is 6.17. The number of ether oxygens (including phenoxy) is 2. The molecule has 0 heterocycles. The van der Waals surface area contributed by atoms with E-state index in [0.717, 1.165) is 48.4 Å². The number of benzene rings is 1. The van der Waals surface area contributed by atoms with Gasteiger partial charge in [-0.05, 0) is 73.6 Å². The highest BCUT2D eigenvalue weighted by Gasteiger charge is 2.24. The highest BCUT2D eigenvalue weighted by molar-refractivity contribution is 5.31. The minimum Gasteiger partial charge on any atom is -0.494 e. The molecular formula is C35H60O2. The van der Waals surface area contributed by atoms with Crippen molar-refractivity contribution in [2.24, 2.45) is 23.7 Å². The minimum atomic E-state index is 0.738. The Hall–Kier alpha value is -1.18. The van der Waals surface area contributed by atoms with Crippen LogP contribution in [0.25, 0.3) is 0 Å². The Bertz CT molecular complexity index is 660. The number of rotatable bonds is 19. The van der Waals surface area contributed by atoms with Gasteiger partial charge in [0.05, 0.1) is 13.2 Å². The Labute approximate surface area is 230 Å². The van der Waals surface area contributed by atoms with Crippen molar-refractivity contribution < 1.29 is 9.47 Å². The molecule has 37 heavy (non-hydrogen) atoms. The smallest absolute Gasteiger partial charge is 0.119 e. The summed E-state index contributed by atoms with van der Waals surface area (Å²) in [5.74, 6) is 5.62. The predicted molar refractivity (Wildman–Crippen MR) is 160 cm³/mol. The van der Waals surface area contributed by atoms with E-state index >= 15 is 0 Å². The molecule has 2 aliphatic carbocycles. The summed E-state index contributed by atoms with van der Waals surface area (Å²) in [4.78, 5) is 0. The van der Waals surface area contributed by atoms with Crippen molar-refractivity contribution >= 4 is 0 Å². The molecule has 2 heteroatoms. The third-order valence-corrected chi connectivity index (χ3v) is 9.47. The molecule has 0 aliphatic heterocycles. The zero-order valence-electron chi connectivity index (χ0n) is 24.7. The maximum Gasteiger partial charge on any atom is 0.119 e. The normalized spacial score (nSPS) is 24.2. The molecule has 0 saturated heterocycles. The lowest BCUT2D eigenvalue weighted by molar-refractivity contribution is 0.177. The summed E-state index contributed by atoms with van der Waals surface area (Å²) in [5, 5.41) is 0. The number of unbranched alkanes of at least 4 members (excludes halogenated alkanes) is 7. The third kappa shape index (κ3) is 12.5. The van der Waals surface area contributed by atoms with E-state index in [1.165, 1.54) is 135 Å². The summed E-state index contributed by atoms with van der Waals surface area (Å²) in [6.45, 7) is 6.34. The van der Waals surface area contributed by atoms with E-state index in [2.05, 4.69) is 38.1 Å². The van der Waals surface area contributed by atoms with Crippen LogP contribution in [0.2, 0.25) is 0 Å². The molecular weight excluding hydrogens is 452 g/mol. The minimum absolute atomic E-state index is 0.738. The molecule has 2 atom stereocenters. The quantitative estimate of drug-likeness (QED) is 0.172. The van der Waals surface area contributed by atoms with Gasteiger partial charge in [-0.3, -0.25) is 0 Å². The molecule has 0 amide bonds. The summed E-state index contributed by atoms with van der Waals surface area (Å²) in [6.07, 6.45) is 29.5. The first kappa shape index (κ1) is 30.4. The largest absolute Gasteiger partial charge is 0.494 e. The summed E-state index contributed by atoms with van der Waals surface area (Å²) >= 11 is 0. The van der Waals surface area contributed by atoms with Crippen LogP contribution in [0.3, 0.4) is 0 Å². The van der Waals surface area contributed by atoms with E-state index in [1.54, 1.807) is 0 Å². The van der Waals surface area contributed by atoms with Crippen molar-refractivity contribution in [2.75, 3.05) is 13.2 Å². The van der Waals surface area contributed by atoms with Crippen LogP contribution in [0.5, 0.6) is 11.5 Å². The molecule has 1 aromatic rings. The van der Waals surface area contributed by atoms with Gasteiger partial charge < -0.3 is 9.47 Å². The molecule has 2 aliphatic rings. The van der Waals surface area contributed by atoms with E-state index in [0.29, 0.717) is 0 Å². The van der Waals surface area contributed by atoms with Gasteiger partial charge in [0, 0.05) is 0 Å². The van der Waals surface area contributed by atoms with Crippen molar-refractivity contribution in [3.8, 4) is 11.5 Å². The van der Waals surface area contributed by atoms with Crippen molar-refractivity contribution in [1.82, 2.24) is 0 Å². The first-order valence-electron chi connectivity index (χ1n) is 16.6.